The molecular weight excluding hydrogens is 236 g/mol. The van der Waals surface area contributed by atoms with Crippen molar-refractivity contribution in [1.82, 2.24) is 9.97 Å². The van der Waals surface area contributed by atoms with Crippen LogP contribution in [0.25, 0.3) is 22.4 Å². The van der Waals surface area contributed by atoms with Gasteiger partial charge in [0.25, 0.3) is 0 Å². The number of nitrogen functional groups attached to an aromatic ring is 1. The van der Waals surface area contributed by atoms with Crippen molar-refractivity contribution in [3.63, 3.8) is 0 Å². The number of fused-ring (bicyclic) bond motifs is 1. The minimum Gasteiger partial charge on any atom is -0.399 e. The molecule has 18 heavy (non-hydrogen) atoms. The molecule has 1 heterocycles. The molecule has 0 atom stereocenters. The van der Waals surface area contributed by atoms with Gasteiger partial charge in [0.05, 0.1) is 16.6 Å². The van der Waals surface area contributed by atoms with Crippen LogP contribution in [0.1, 0.15) is 0 Å². The number of hydrogen-bond donors (Lipinski definition) is 2. The van der Waals surface area contributed by atoms with Gasteiger partial charge in [0.1, 0.15) is 17.5 Å². The molecule has 1 aromatic heterocycles. The van der Waals surface area contributed by atoms with Crippen molar-refractivity contribution in [3.8, 4) is 11.4 Å². The van der Waals surface area contributed by atoms with Gasteiger partial charge >= 0.3 is 0 Å². The van der Waals surface area contributed by atoms with Crippen LogP contribution in [-0.4, -0.2) is 9.97 Å². The van der Waals surface area contributed by atoms with E-state index in [1.54, 1.807) is 18.2 Å². The molecule has 3 rings (SSSR count). The Morgan fingerprint density at radius 2 is 1.89 bits per heavy atom. The van der Waals surface area contributed by atoms with Crippen LogP contribution >= 0.6 is 0 Å². The van der Waals surface area contributed by atoms with E-state index in [1.807, 2.05) is 0 Å². The van der Waals surface area contributed by atoms with Gasteiger partial charge in [-0.15, -0.1) is 0 Å². The van der Waals surface area contributed by atoms with Gasteiger partial charge in [-0.25, -0.2) is 13.8 Å². The second-order valence-corrected chi connectivity index (χ2v) is 3.99. The molecule has 2 aromatic carbocycles. The van der Waals surface area contributed by atoms with E-state index >= 15 is 0 Å². The molecule has 3 N–H and O–H groups in total. The van der Waals surface area contributed by atoms with E-state index in [2.05, 4.69) is 9.97 Å². The van der Waals surface area contributed by atoms with E-state index in [0.29, 0.717) is 28.1 Å². The number of aromatic amines is 1. The summed E-state index contributed by atoms with van der Waals surface area (Å²) in [4.78, 5) is 7.09. The van der Waals surface area contributed by atoms with Gasteiger partial charge < -0.3 is 10.7 Å². The van der Waals surface area contributed by atoms with Crippen molar-refractivity contribution in [2.75, 3.05) is 5.73 Å². The number of rotatable bonds is 1. The van der Waals surface area contributed by atoms with Crippen LogP contribution in [0.5, 0.6) is 0 Å². The Kier molecular flexibility index (Phi) is 2.26. The van der Waals surface area contributed by atoms with E-state index in [0.717, 1.165) is 0 Å². The number of hydrogen-bond acceptors (Lipinski definition) is 2. The SMILES string of the molecule is Nc1ccc(-c2nc3ccc(F)cc3[nH]2)c(F)c1. The highest BCUT2D eigenvalue weighted by atomic mass is 19.1. The summed E-state index contributed by atoms with van der Waals surface area (Å²) in [5.74, 6) is -0.474. The zero-order valence-corrected chi connectivity index (χ0v) is 9.24. The summed E-state index contributed by atoms with van der Waals surface area (Å²) in [7, 11) is 0. The first-order chi connectivity index (χ1) is 8.63. The molecule has 0 aliphatic heterocycles. The minimum absolute atomic E-state index is 0.306. The lowest BCUT2D eigenvalue weighted by Gasteiger charge is -1.99. The van der Waals surface area contributed by atoms with E-state index in [4.69, 9.17) is 5.73 Å². The highest BCUT2D eigenvalue weighted by molar-refractivity contribution is 5.79. The molecule has 0 saturated carbocycles. The number of H-pyrrole nitrogens is 1. The Bertz CT molecular complexity index is 734. The summed E-state index contributed by atoms with van der Waals surface area (Å²) in [6.07, 6.45) is 0. The number of anilines is 1. The summed E-state index contributed by atoms with van der Waals surface area (Å²) in [6.45, 7) is 0. The van der Waals surface area contributed by atoms with E-state index in [1.165, 1.54) is 18.2 Å². The molecule has 0 aliphatic rings. The highest BCUT2D eigenvalue weighted by Gasteiger charge is 2.10. The van der Waals surface area contributed by atoms with Crippen molar-refractivity contribution in [3.05, 3.63) is 48.0 Å². The average molecular weight is 245 g/mol. The molecule has 0 amide bonds. The highest BCUT2D eigenvalue weighted by Crippen LogP contribution is 2.24. The van der Waals surface area contributed by atoms with Crippen LogP contribution in [0.4, 0.5) is 14.5 Å². The molecule has 0 radical (unpaired) electrons. The average Bonchev–Trinajstić information content (AvgIpc) is 2.71. The lowest BCUT2D eigenvalue weighted by molar-refractivity contribution is 0.629. The van der Waals surface area contributed by atoms with Crippen LogP contribution in [0.2, 0.25) is 0 Å². The van der Waals surface area contributed by atoms with Gasteiger partial charge in [0, 0.05) is 5.69 Å². The molecule has 90 valence electrons. The summed E-state index contributed by atoms with van der Waals surface area (Å²) >= 11 is 0. The Labute approximate surface area is 101 Å². The minimum atomic E-state index is -0.463. The quantitative estimate of drug-likeness (QED) is 0.647. The van der Waals surface area contributed by atoms with Gasteiger partial charge in [-0.1, -0.05) is 0 Å². The second kappa shape index (κ2) is 3.80. The third-order valence-corrected chi connectivity index (χ3v) is 2.69. The maximum atomic E-state index is 13.7. The number of benzene rings is 2. The van der Waals surface area contributed by atoms with Gasteiger partial charge in [0.15, 0.2) is 0 Å². The molecular formula is C13H9F2N3. The molecule has 0 aliphatic carbocycles. The monoisotopic (exact) mass is 245 g/mol. The first-order valence-corrected chi connectivity index (χ1v) is 5.34. The first-order valence-electron chi connectivity index (χ1n) is 5.34. The zero-order chi connectivity index (χ0) is 12.7. The Hall–Kier alpha value is -2.43. The van der Waals surface area contributed by atoms with Crippen LogP contribution < -0.4 is 5.73 Å². The third kappa shape index (κ3) is 1.69. The van der Waals surface area contributed by atoms with Crippen LogP contribution in [0, 0.1) is 11.6 Å². The Morgan fingerprint density at radius 1 is 1.06 bits per heavy atom. The first kappa shape index (κ1) is 10.7. The topological polar surface area (TPSA) is 54.7 Å². The lowest BCUT2D eigenvalue weighted by Crippen LogP contribution is -1.90. The summed E-state index contributed by atoms with van der Waals surface area (Å²) < 4.78 is 26.8. The summed E-state index contributed by atoms with van der Waals surface area (Å²) in [5.41, 5.74) is 7.25. The smallest absolute Gasteiger partial charge is 0.141 e. The van der Waals surface area contributed by atoms with Crippen LogP contribution in [0.15, 0.2) is 36.4 Å². The molecule has 3 aromatic rings. The standard InChI is InChI=1S/C13H9F2N3/c14-7-1-4-11-12(5-7)18-13(17-11)9-3-2-8(16)6-10(9)15/h1-6H,16H2,(H,17,18). The summed E-state index contributed by atoms with van der Waals surface area (Å²) in [6, 6.07) is 8.53. The molecule has 0 bridgehead atoms. The molecule has 5 heteroatoms. The Balaban J connectivity index is 2.19. The third-order valence-electron chi connectivity index (χ3n) is 2.69. The normalized spacial score (nSPS) is 11.0. The van der Waals surface area contributed by atoms with E-state index < -0.39 is 5.82 Å². The second-order valence-electron chi connectivity index (χ2n) is 3.99. The zero-order valence-electron chi connectivity index (χ0n) is 9.24. The van der Waals surface area contributed by atoms with Crippen LogP contribution in [-0.2, 0) is 0 Å². The molecule has 0 spiro atoms. The Morgan fingerprint density at radius 3 is 2.67 bits per heavy atom. The van der Waals surface area contributed by atoms with Crippen LogP contribution in [0.3, 0.4) is 0 Å². The summed E-state index contributed by atoms with van der Waals surface area (Å²) in [5, 5.41) is 0. The maximum absolute atomic E-state index is 13.7. The number of halogens is 2. The fourth-order valence-electron chi connectivity index (χ4n) is 1.83. The fourth-order valence-corrected chi connectivity index (χ4v) is 1.83. The van der Waals surface area contributed by atoms with Crippen molar-refractivity contribution >= 4 is 16.7 Å². The fraction of sp³-hybridized carbons (Fsp3) is 0. The van der Waals surface area contributed by atoms with Crippen molar-refractivity contribution in [1.29, 1.82) is 0 Å². The number of imidazole rings is 1. The van der Waals surface area contributed by atoms with Crippen molar-refractivity contribution < 1.29 is 8.78 Å². The number of aromatic nitrogens is 2. The molecule has 0 unspecified atom stereocenters. The maximum Gasteiger partial charge on any atom is 0.141 e. The van der Waals surface area contributed by atoms with Gasteiger partial charge in [-0.3, -0.25) is 0 Å². The predicted molar refractivity (Wildman–Crippen MR) is 65.9 cm³/mol. The molecule has 0 saturated heterocycles. The lowest BCUT2D eigenvalue weighted by atomic mass is 10.2. The predicted octanol–water partition coefficient (Wildman–Crippen LogP) is 3.09. The number of nitrogens with one attached hydrogen (secondary N) is 1. The molecule has 0 fully saturated rings. The van der Waals surface area contributed by atoms with E-state index in [-0.39, 0.29) is 5.82 Å². The van der Waals surface area contributed by atoms with Crippen molar-refractivity contribution in [2.24, 2.45) is 0 Å². The number of nitrogens with zero attached hydrogens (tertiary/aromatic N) is 1. The number of nitrogens with two attached hydrogens (primary N) is 1. The molecule has 3 nitrogen and oxygen atoms in total. The van der Waals surface area contributed by atoms with Gasteiger partial charge in [-0.05, 0) is 36.4 Å². The van der Waals surface area contributed by atoms with Gasteiger partial charge in [-0.2, -0.15) is 0 Å². The van der Waals surface area contributed by atoms with Gasteiger partial charge in [0.2, 0.25) is 0 Å². The largest absolute Gasteiger partial charge is 0.399 e. The van der Waals surface area contributed by atoms with Crippen molar-refractivity contribution in [2.45, 2.75) is 0 Å². The van der Waals surface area contributed by atoms with E-state index in [9.17, 15) is 8.78 Å².